The van der Waals surface area contributed by atoms with Crippen LogP contribution >= 0.6 is 15.9 Å². The molecule has 0 aromatic heterocycles. The van der Waals surface area contributed by atoms with Gasteiger partial charge in [-0.3, -0.25) is 0 Å². The number of rotatable bonds is 3. The minimum Gasteiger partial charge on any atom is -0.478 e. The Morgan fingerprint density at radius 2 is 1.76 bits per heavy atom. The minimum atomic E-state index is -0.969. The van der Waals surface area contributed by atoms with E-state index in [0.29, 0.717) is 10.2 Å². The molecule has 0 spiro atoms. The van der Waals surface area contributed by atoms with Crippen LogP contribution in [0.2, 0.25) is 0 Å². The molecule has 0 unspecified atom stereocenters. The van der Waals surface area contributed by atoms with Gasteiger partial charge in [-0.25, -0.2) is 4.79 Å². The van der Waals surface area contributed by atoms with E-state index in [1.165, 1.54) is 11.6 Å². The lowest BCUT2D eigenvalue weighted by atomic mass is 9.87. The molecule has 3 nitrogen and oxygen atoms in total. The van der Waals surface area contributed by atoms with Crippen LogP contribution in [0.15, 0.2) is 46.9 Å². The average molecular weight is 349 g/mol. The number of ether oxygens (including phenoxy) is 1. The summed E-state index contributed by atoms with van der Waals surface area (Å²) in [5, 5.41) is 9.00. The quantitative estimate of drug-likeness (QED) is 0.825. The maximum absolute atomic E-state index is 11.0. The van der Waals surface area contributed by atoms with Gasteiger partial charge in [-0.1, -0.05) is 32.9 Å². The summed E-state index contributed by atoms with van der Waals surface area (Å²) < 4.78 is 6.31. The first-order valence-electron chi connectivity index (χ1n) is 6.58. The Balaban J connectivity index is 2.27. The van der Waals surface area contributed by atoms with Crippen molar-refractivity contribution in [2.75, 3.05) is 0 Å². The Morgan fingerprint density at radius 1 is 1.10 bits per heavy atom. The molecule has 0 amide bonds. The molecule has 21 heavy (non-hydrogen) atoms. The predicted octanol–water partition coefficient (Wildman–Crippen LogP) is 5.24. The van der Waals surface area contributed by atoms with E-state index in [4.69, 9.17) is 9.84 Å². The van der Waals surface area contributed by atoms with Crippen LogP contribution in [-0.2, 0) is 5.41 Å². The molecule has 2 aromatic rings. The van der Waals surface area contributed by atoms with Crippen LogP contribution in [0, 0.1) is 0 Å². The molecule has 2 rings (SSSR count). The lowest BCUT2D eigenvalue weighted by molar-refractivity contribution is 0.0696. The number of halogens is 1. The largest absolute Gasteiger partial charge is 0.478 e. The van der Waals surface area contributed by atoms with E-state index in [-0.39, 0.29) is 11.0 Å². The molecule has 0 aliphatic rings. The summed E-state index contributed by atoms with van der Waals surface area (Å²) in [4.78, 5) is 11.0. The van der Waals surface area contributed by atoms with Crippen molar-refractivity contribution in [2.45, 2.75) is 26.2 Å². The van der Waals surface area contributed by atoms with E-state index in [1.54, 1.807) is 12.1 Å². The van der Waals surface area contributed by atoms with Crippen LogP contribution < -0.4 is 4.74 Å². The second-order valence-corrected chi connectivity index (χ2v) is 6.68. The SMILES string of the molecule is CC(C)(C)c1cccc(Oc2ccc(C(=O)O)c(Br)c2)c1. The van der Waals surface area contributed by atoms with Crippen molar-refractivity contribution in [3.8, 4) is 11.5 Å². The highest BCUT2D eigenvalue weighted by atomic mass is 79.9. The fraction of sp³-hybridized carbons (Fsp3) is 0.235. The van der Waals surface area contributed by atoms with Crippen molar-refractivity contribution < 1.29 is 14.6 Å². The fourth-order valence-electron chi connectivity index (χ4n) is 1.89. The Morgan fingerprint density at radius 3 is 2.33 bits per heavy atom. The standard InChI is InChI=1S/C17H17BrO3/c1-17(2,3)11-5-4-6-12(9-11)21-13-7-8-14(16(19)20)15(18)10-13/h4-10H,1-3H3,(H,19,20). The highest BCUT2D eigenvalue weighted by molar-refractivity contribution is 9.10. The highest BCUT2D eigenvalue weighted by Gasteiger charge is 2.14. The topological polar surface area (TPSA) is 46.5 Å². The molecule has 0 bridgehead atoms. The van der Waals surface area contributed by atoms with Crippen LogP contribution in [0.5, 0.6) is 11.5 Å². The molecular formula is C17H17BrO3. The number of hydrogen-bond donors (Lipinski definition) is 1. The third-order valence-electron chi connectivity index (χ3n) is 3.11. The van der Waals surface area contributed by atoms with Crippen LogP contribution in [0.3, 0.4) is 0 Å². The molecule has 0 radical (unpaired) electrons. The van der Waals surface area contributed by atoms with Crippen molar-refractivity contribution in [1.29, 1.82) is 0 Å². The van der Waals surface area contributed by atoms with Gasteiger partial charge < -0.3 is 9.84 Å². The lowest BCUT2D eigenvalue weighted by Gasteiger charge is -2.19. The third kappa shape index (κ3) is 3.85. The normalized spacial score (nSPS) is 11.2. The number of carbonyl (C=O) groups is 1. The van der Waals surface area contributed by atoms with Gasteiger partial charge >= 0.3 is 5.97 Å². The first kappa shape index (κ1) is 15.6. The number of hydrogen-bond acceptors (Lipinski definition) is 2. The van der Waals surface area contributed by atoms with Crippen molar-refractivity contribution in [1.82, 2.24) is 0 Å². The summed E-state index contributed by atoms with van der Waals surface area (Å²) >= 11 is 3.25. The lowest BCUT2D eigenvalue weighted by Crippen LogP contribution is -2.10. The molecule has 0 heterocycles. The zero-order valence-corrected chi connectivity index (χ0v) is 13.8. The van der Waals surface area contributed by atoms with Gasteiger partial charge in [0.25, 0.3) is 0 Å². The van der Waals surface area contributed by atoms with Crippen LogP contribution in [0.4, 0.5) is 0 Å². The number of carboxylic acid groups (broad SMARTS) is 1. The first-order chi connectivity index (χ1) is 9.77. The molecular weight excluding hydrogens is 332 g/mol. The van der Waals surface area contributed by atoms with E-state index >= 15 is 0 Å². The summed E-state index contributed by atoms with van der Waals surface area (Å²) in [5.74, 6) is 0.360. The highest BCUT2D eigenvalue weighted by Crippen LogP contribution is 2.30. The molecule has 1 N–H and O–H groups in total. The van der Waals surface area contributed by atoms with Gasteiger partial charge in [-0.05, 0) is 57.2 Å². The minimum absolute atomic E-state index is 0.0487. The Bertz CT molecular complexity index is 672. The summed E-state index contributed by atoms with van der Waals surface area (Å²) in [6, 6.07) is 12.7. The molecule has 0 fully saturated rings. The van der Waals surface area contributed by atoms with E-state index in [9.17, 15) is 4.79 Å². The van der Waals surface area contributed by atoms with Gasteiger partial charge in [0, 0.05) is 4.47 Å². The van der Waals surface area contributed by atoms with Crippen LogP contribution in [0.1, 0.15) is 36.7 Å². The zero-order chi connectivity index (χ0) is 15.6. The predicted molar refractivity (Wildman–Crippen MR) is 86.3 cm³/mol. The maximum atomic E-state index is 11.0. The molecule has 0 aliphatic heterocycles. The smallest absolute Gasteiger partial charge is 0.336 e. The molecule has 2 aromatic carbocycles. The summed E-state index contributed by atoms with van der Waals surface area (Å²) in [5.41, 5.74) is 1.44. The van der Waals surface area contributed by atoms with Gasteiger partial charge in [-0.2, -0.15) is 0 Å². The van der Waals surface area contributed by atoms with Gasteiger partial charge in [-0.15, -0.1) is 0 Å². The number of carboxylic acids is 1. The third-order valence-corrected chi connectivity index (χ3v) is 3.76. The zero-order valence-electron chi connectivity index (χ0n) is 12.2. The van der Waals surface area contributed by atoms with Crippen molar-refractivity contribution in [3.05, 3.63) is 58.1 Å². The summed E-state index contributed by atoms with van der Waals surface area (Å²) in [6.45, 7) is 6.43. The monoisotopic (exact) mass is 348 g/mol. The summed E-state index contributed by atoms with van der Waals surface area (Å²) in [6.07, 6.45) is 0. The molecule has 0 saturated heterocycles. The average Bonchev–Trinajstić information content (AvgIpc) is 2.37. The number of benzene rings is 2. The van der Waals surface area contributed by atoms with Gasteiger partial charge in [0.05, 0.1) is 5.56 Å². The second-order valence-electron chi connectivity index (χ2n) is 5.83. The molecule has 4 heteroatoms. The maximum Gasteiger partial charge on any atom is 0.336 e. The number of aromatic carboxylic acids is 1. The van der Waals surface area contributed by atoms with E-state index in [2.05, 4.69) is 42.8 Å². The van der Waals surface area contributed by atoms with Crippen molar-refractivity contribution in [2.24, 2.45) is 0 Å². The van der Waals surface area contributed by atoms with Gasteiger partial charge in [0.1, 0.15) is 11.5 Å². The molecule has 110 valence electrons. The van der Waals surface area contributed by atoms with E-state index in [0.717, 1.165) is 5.75 Å². The Kier molecular flexibility index (Phi) is 4.37. The van der Waals surface area contributed by atoms with Gasteiger partial charge in [0.2, 0.25) is 0 Å². The molecule has 0 saturated carbocycles. The van der Waals surface area contributed by atoms with E-state index < -0.39 is 5.97 Å². The van der Waals surface area contributed by atoms with Crippen molar-refractivity contribution in [3.63, 3.8) is 0 Å². The Hall–Kier alpha value is -1.81. The second kappa shape index (κ2) is 5.90. The van der Waals surface area contributed by atoms with Crippen LogP contribution in [0.25, 0.3) is 0 Å². The van der Waals surface area contributed by atoms with Gasteiger partial charge in [0.15, 0.2) is 0 Å². The molecule has 0 aliphatic carbocycles. The molecule has 0 atom stereocenters. The summed E-state index contributed by atoms with van der Waals surface area (Å²) in [7, 11) is 0. The van der Waals surface area contributed by atoms with Crippen LogP contribution in [-0.4, -0.2) is 11.1 Å². The first-order valence-corrected chi connectivity index (χ1v) is 7.38. The Labute approximate surface area is 132 Å². The van der Waals surface area contributed by atoms with Crippen molar-refractivity contribution >= 4 is 21.9 Å². The fourth-order valence-corrected chi connectivity index (χ4v) is 2.42. The van der Waals surface area contributed by atoms with E-state index in [1.807, 2.05) is 18.2 Å².